The van der Waals surface area contributed by atoms with Crippen LogP contribution in [0.15, 0.2) is 48.5 Å². The molecule has 2 unspecified atom stereocenters. The van der Waals surface area contributed by atoms with Crippen molar-refractivity contribution < 1.29 is 14.3 Å². The van der Waals surface area contributed by atoms with Gasteiger partial charge in [0.15, 0.2) is 0 Å². The minimum Gasteiger partial charge on any atom is -0.497 e. The Morgan fingerprint density at radius 2 is 1.54 bits per heavy atom. The molecule has 1 aliphatic rings. The number of hydrogen-bond acceptors (Lipinski definition) is 5. The van der Waals surface area contributed by atoms with Crippen LogP contribution in [0.2, 0.25) is 0 Å². The van der Waals surface area contributed by atoms with Gasteiger partial charge >= 0.3 is 0 Å². The number of ether oxygens (including phenoxy) is 2. The van der Waals surface area contributed by atoms with Gasteiger partial charge in [0.05, 0.1) is 14.2 Å². The van der Waals surface area contributed by atoms with E-state index >= 15 is 0 Å². The molecule has 126 valence electrons. The Morgan fingerprint density at radius 3 is 2.12 bits per heavy atom. The highest BCUT2D eigenvalue weighted by atomic mass is 16.5. The molecule has 1 aliphatic heterocycles. The average molecular weight is 327 g/mol. The number of hydrogen-bond donors (Lipinski definition) is 3. The number of methoxy groups -OCH3 is 2. The average Bonchev–Trinajstić information content (AvgIpc) is 3.13. The van der Waals surface area contributed by atoms with Crippen LogP contribution < -0.4 is 25.6 Å². The SMILES string of the molecule is COc1ccc(NC(=O)C2CC(c3ccc(OC)cc3)NN2)cc1. The third kappa shape index (κ3) is 3.67. The fraction of sp³-hybridized carbons (Fsp3) is 0.278. The fourth-order valence-electron chi connectivity index (χ4n) is 2.69. The number of rotatable bonds is 5. The van der Waals surface area contributed by atoms with Gasteiger partial charge in [-0.05, 0) is 48.4 Å². The maximum atomic E-state index is 12.4. The molecule has 1 amide bonds. The van der Waals surface area contributed by atoms with Crippen molar-refractivity contribution in [1.82, 2.24) is 10.9 Å². The van der Waals surface area contributed by atoms with Crippen LogP contribution in [-0.4, -0.2) is 26.2 Å². The molecule has 24 heavy (non-hydrogen) atoms. The number of nitrogens with one attached hydrogen (secondary N) is 3. The second-order valence-corrected chi connectivity index (χ2v) is 5.62. The monoisotopic (exact) mass is 327 g/mol. The zero-order valence-corrected chi connectivity index (χ0v) is 13.7. The largest absolute Gasteiger partial charge is 0.497 e. The van der Waals surface area contributed by atoms with E-state index in [1.165, 1.54) is 0 Å². The maximum absolute atomic E-state index is 12.4. The molecular weight excluding hydrogens is 306 g/mol. The molecule has 1 heterocycles. The lowest BCUT2D eigenvalue weighted by molar-refractivity contribution is -0.117. The van der Waals surface area contributed by atoms with Crippen LogP contribution in [0.1, 0.15) is 18.0 Å². The molecule has 1 fully saturated rings. The molecule has 0 radical (unpaired) electrons. The van der Waals surface area contributed by atoms with Crippen molar-refractivity contribution >= 4 is 11.6 Å². The third-order valence-electron chi connectivity index (χ3n) is 4.10. The number of carbonyl (C=O) groups is 1. The standard InChI is InChI=1S/C18H21N3O3/c1-23-14-7-3-12(4-8-14)16-11-17(21-20-16)18(22)19-13-5-9-15(24-2)10-6-13/h3-10,16-17,20-21H,11H2,1-2H3,(H,19,22). The molecule has 3 N–H and O–H groups in total. The van der Waals surface area contributed by atoms with Crippen LogP contribution in [0.3, 0.4) is 0 Å². The van der Waals surface area contributed by atoms with Gasteiger partial charge in [-0.2, -0.15) is 0 Å². The zero-order chi connectivity index (χ0) is 16.9. The van der Waals surface area contributed by atoms with E-state index in [1.54, 1.807) is 14.2 Å². The van der Waals surface area contributed by atoms with E-state index in [4.69, 9.17) is 9.47 Å². The van der Waals surface area contributed by atoms with Crippen molar-refractivity contribution in [2.24, 2.45) is 0 Å². The zero-order valence-electron chi connectivity index (χ0n) is 13.7. The summed E-state index contributed by atoms with van der Waals surface area (Å²) in [6.07, 6.45) is 0.675. The minimum absolute atomic E-state index is 0.0660. The van der Waals surface area contributed by atoms with Gasteiger partial charge < -0.3 is 14.8 Å². The number of carbonyl (C=O) groups excluding carboxylic acids is 1. The van der Waals surface area contributed by atoms with E-state index in [9.17, 15) is 4.79 Å². The summed E-state index contributed by atoms with van der Waals surface area (Å²) in [4.78, 5) is 12.4. The van der Waals surface area contributed by atoms with Crippen LogP contribution in [0.4, 0.5) is 5.69 Å². The lowest BCUT2D eigenvalue weighted by atomic mass is 10.0. The van der Waals surface area contributed by atoms with Crippen LogP contribution >= 0.6 is 0 Å². The van der Waals surface area contributed by atoms with Crippen molar-refractivity contribution in [3.8, 4) is 11.5 Å². The molecule has 0 aromatic heterocycles. The van der Waals surface area contributed by atoms with E-state index in [0.717, 1.165) is 22.7 Å². The lowest BCUT2D eigenvalue weighted by Gasteiger charge is -2.11. The summed E-state index contributed by atoms with van der Waals surface area (Å²) >= 11 is 0. The van der Waals surface area contributed by atoms with Gasteiger partial charge in [0, 0.05) is 11.7 Å². The lowest BCUT2D eigenvalue weighted by Crippen LogP contribution is -2.39. The molecule has 0 aliphatic carbocycles. The number of benzene rings is 2. The summed E-state index contributed by atoms with van der Waals surface area (Å²) in [5.41, 5.74) is 8.09. The first-order chi connectivity index (χ1) is 11.7. The first-order valence-electron chi connectivity index (χ1n) is 7.79. The smallest absolute Gasteiger partial charge is 0.242 e. The number of amides is 1. The number of hydrazine groups is 1. The molecule has 2 aromatic carbocycles. The topological polar surface area (TPSA) is 71.6 Å². The van der Waals surface area contributed by atoms with Crippen molar-refractivity contribution in [3.05, 3.63) is 54.1 Å². The second-order valence-electron chi connectivity index (χ2n) is 5.62. The van der Waals surface area contributed by atoms with Gasteiger partial charge in [-0.1, -0.05) is 12.1 Å². The predicted octanol–water partition coefficient (Wildman–Crippen LogP) is 2.25. The first kappa shape index (κ1) is 16.3. The Kier molecular flexibility index (Phi) is 4.98. The van der Waals surface area contributed by atoms with E-state index < -0.39 is 0 Å². The molecule has 3 rings (SSSR count). The van der Waals surface area contributed by atoms with Crippen LogP contribution in [0.25, 0.3) is 0 Å². The molecule has 2 atom stereocenters. The summed E-state index contributed by atoms with van der Waals surface area (Å²) in [6.45, 7) is 0. The van der Waals surface area contributed by atoms with Crippen molar-refractivity contribution in [3.63, 3.8) is 0 Å². The molecule has 0 saturated carbocycles. The highest BCUT2D eigenvalue weighted by molar-refractivity contribution is 5.95. The summed E-state index contributed by atoms with van der Waals surface area (Å²) in [7, 11) is 3.25. The minimum atomic E-state index is -0.292. The quantitative estimate of drug-likeness (QED) is 0.786. The molecule has 2 aromatic rings. The Balaban J connectivity index is 1.58. The van der Waals surface area contributed by atoms with Crippen LogP contribution in [-0.2, 0) is 4.79 Å². The molecule has 1 saturated heterocycles. The summed E-state index contributed by atoms with van der Waals surface area (Å²) < 4.78 is 10.3. The Labute approximate surface area is 141 Å². The van der Waals surface area contributed by atoms with E-state index in [2.05, 4.69) is 16.2 Å². The fourth-order valence-corrected chi connectivity index (χ4v) is 2.69. The van der Waals surface area contributed by atoms with Gasteiger partial charge in [0.1, 0.15) is 17.5 Å². The van der Waals surface area contributed by atoms with Crippen LogP contribution in [0.5, 0.6) is 11.5 Å². The van der Waals surface area contributed by atoms with Gasteiger partial charge in [-0.25, -0.2) is 10.9 Å². The summed E-state index contributed by atoms with van der Waals surface area (Å²) in [6, 6.07) is 14.9. The van der Waals surface area contributed by atoms with Gasteiger partial charge in [-0.15, -0.1) is 0 Å². The van der Waals surface area contributed by atoms with E-state index in [-0.39, 0.29) is 18.0 Å². The predicted molar refractivity (Wildman–Crippen MR) is 92.0 cm³/mol. The van der Waals surface area contributed by atoms with E-state index in [1.807, 2.05) is 48.5 Å². The molecular formula is C18H21N3O3. The molecule has 6 heteroatoms. The third-order valence-corrected chi connectivity index (χ3v) is 4.10. The van der Waals surface area contributed by atoms with Gasteiger partial charge in [-0.3, -0.25) is 4.79 Å². The Hall–Kier alpha value is -2.57. The molecule has 0 bridgehead atoms. The van der Waals surface area contributed by atoms with Gasteiger partial charge in [0.25, 0.3) is 0 Å². The second kappa shape index (κ2) is 7.33. The highest BCUT2D eigenvalue weighted by Crippen LogP contribution is 2.25. The highest BCUT2D eigenvalue weighted by Gasteiger charge is 2.30. The Morgan fingerprint density at radius 1 is 0.958 bits per heavy atom. The van der Waals surface area contributed by atoms with Gasteiger partial charge in [0.2, 0.25) is 5.91 Å². The molecule has 0 spiro atoms. The van der Waals surface area contributed by atoms with Crippen LogP contribution in [0, 0.1) is 0 Å². The first-order valence-corrected chi connectivity index (χ1v) is 7.79. The maximum Gasteiger partial charge on any atom is 0.242 e. The van der Waals surface area contributed by atoms with Crippen molar-refractivity contribution in [1.29, 1.82) is 0 Å². The van der Waals surface area contributed by atoms with E-state index in [0.29, 0.717) is 6.42 Å². The molecule has 6 nitrogen and oxygen atoms in total. The van der Waals surface area contributed by atoms with Crippen molar-refractivity contribution in [2.45, 2.75) is 18.5 Å². The number of anilines is 1. The van der Waals surface area contributed by atoms with Crippen molar-refractivity contribution in [2.75, 3.05) is 19.5 Å². The normalized spacial score (nSPS) is 19.8. The Bertz CT molecular complexity index is 686. The summed E-state index contributed by atoms with van der Waals surface area (Å²) in [5, 5.41) is 2.91. The summed E-state index contributed by atoms with van der Waals surface area (Å²) in [5.74, 6) is 1.51.